The van der Waals surface area contributed by atoms with Crippen molar-refractivity contribution in [2.75, 3.05) is 17.2 Å². The standard InChI is InChI=1S/C21H19ClN2O2/c22-17-6-8-19(9-7-17)24-21(25)14-23-18-10-12-20(13-11-18)26-15-16-4-2-1-3-5-16/h1-13,23H,14-15H2,(H,24,25). The quantitative estimate of drug-likeness (QED) is 0.620. The number of carbonyl (C=O) groups is 1. The summed E-state index contributed by atoms with van der Waals surface area (Å²) in [5.41, 5.74) is 2.68. The highest BCUT2D eigenvalue weighted by Gasteiger charge is 2.03. The van der Waals surface area contributed by atoms with Crippen LogP contribution in [0, 0.1) is 0 Å². The van der Waals surface area contributed by atoms with Gasteiger partial charge in [0.15, 0.2) is 0 Å². The van der Waals surface area contributed by atoms with E-state index in [0.717, 1.165) is 17.0 Å². The van der Waals surface area contributed by atoms with E-state index in [4.69, 9.17) is 16.3 Å². The molecule has 1 amide bonds. The van der Waals surface area contributed by atoms with Crippen molar-refractivity contribution >= 4 is 28.9 Å². The molecule has 132 valence electrons. The lowest BCUT2D eigenvalue weighted by Crippen LogP contribution is -2.21. The fraction of sp³-hybridized carbons (Fsp3) is 0.0952. The lowest BCUT2D eigenvalue weighted by Gasteiger charge is -2.10. The Morgan fingerprint density at radius 3 is 2.19 bits per heavy atom. The molecular weight excluding hydrogens is 348 g/mol. The Morgan fingerprint density at radius 2 is 1.50 bits per heavy atom. The molecule has 2 N–H and O–H groups in total. The maximum atomic E-state index is 12.0. The summed E-state index contributed by atoms with van der Waals surface area (Å²) in [6.07, 6.45) is 0. The third kappa shape index (κ3) is 5.53. The Bertz CT molecular complexity index is 834. The molecule has 3 rings (SSSR count). The number of halogens is 1. The summed E-state index contributed by atoms with van der Waals surface area (Å²) in [7, 11) is 0. The third-order valence-corrected chi connectivity index (χ3v) is 3.94. The smallest absolute Gasteiger partial charge is 0.243 e. The largest absolute Gasteiger partial charge is 0.489 e. The minimum atomic E-state index is -0.128. The third-order valence-electron chi connectivity index (χ3n) is 3.68. The van der Waals surface area contributed by atoms with Crippen molar-refractivity contribution in [3.8, 4) is 5.75 Å². The Morgan fingerprint density at radius 1 is 0.846 bits per heavy atom. The van der Waals surface area contributed by atoms with E-state index in [1.54, 1.807) is 24.3 Å². The van der Waals surface area contributed by atoms with Crippen molar-refractivity contribution < 1.29 is 9.53 Å². The number of benzene rings is 3. The van der Waals surface area contributed by atoms with E-state index >= 15 is 0 Å². The number of anilines is 2. The van der Waals surface area contributed by atoms with Crippen molar-refractivity contribution in [3.63, 3.8) is 0 Å². The first-order valence-corrected chi connectivity index (χ1v) is 8.63. The zero-order valence-corrected chi connectivity index (χ0v) is 14.9. The lowest BCUT2D eigenvalue weighted by molar-refractivity contribution is -0.114. The molecule has 3 aromatic rings. The molecule has 0 radical (unpaired) electrons. The Balaban J connectivity index is 1.45. The van der Waals surface area contributed by atoms with E-state index in [-0.39, 0.29) is 12.5 Å². The van der Waals surface area contributed by atoms with Gasteiger partial charge in [-0.1, -0.05) is 41.9 Å². The number of hydrogen-bond acceptors (Lipinski definition) is 3. The molecule has 0 heterocycles. The van der Waals surface area contributed by atoms with Crippen molar-refractivity contribution in [2.45, 2.75) is 6.61 Å². The van der Waals surface area contributed by atoms with Gasteiger partial charge in [-0.05, 0) is 54.1 Å². The minimum Gasteiger partial charge on any atom is -0.489 e. The summed E-state index contributed by atoms with van der Waals surface area (Å²) < 4.78 is 5.74. The summed E-state index contributed by atoms with van der Waals surface area (Å²) in [6, 6.07) is 24.5. The summed E-state index contributed by atoms with van der Waals surface area (Å²) >= 11 is 5.82. The molecule has 5 heteroatoms. The average Bonchev–Trinajstić information content (AvgIpc) is 2.68. The molecule has 0 aromatic heterocycles. The molecule has 0 spiro atoms. The van der Waals surface area contributed by atoms with E-state index in [1.165, 1.54) is 0 Å². The van der Waals surface area contributed by atoms with Crippen molar-refractivity contribution in [3.05, 3.63) is 89.4 Å². The van der Waals surface area contributed by atoms with E-state index < -0.39 is 0 Å². The number of rotatable bonds is 7. The maximum Gasteiger partial charge on any atom is 0.243 e. The second-order valence-corrected chi connectivity index (χ2v) is 6.14. The molecular formula is C21H19ClN2O2. The maximum absolute atomic E-state index is 12.0. The van der Waals surface area contributed by atoms with Crippen molar-refractivity contribution in [2.24, 2.45) is 0 Å². The molecule has 4 nitrogen and oxygen atoms in total. The van der Waals surface area contributed by atoms with Crippen LogP contribution in [0.3, 0.4) is 0 Å². The molecule has 0 atom stereocenters. The van der Waals surface area contributed by atoms with Crippen LogP contribution in [-0.2, 0) is 11.4 Å². The molecule has 0 saturated carbocycles. The fourth-order valence-corrected chi connectivity index (χ4v) is 2.46. The van der Waals surface area contributed by atoms with Crippen LogP contribution >= 0.6 is 11.6 Å². The van der Waals surface area contributed by atoms with Gasteiger partial charge in [0.05, 0.1) is 6.54 Å². The van der Waals surface area contributed by atoms with Crippen LogP contribution in [0.2, 0.25) is 5.02 Å². The molecule has 26 heavy (non-hydrogen) atoms. The first-order valence-electron chi connectivity index (χ1n) is 8.25. The summed E-state index contributed by atoms with van der Waals surface area (Å²) in [5, 5.41) is 6.52. The van der Waals surface area contributed by atoms with Gasteiger partial charge in [-0.25, -0.2) is 0 Å². The predicted octanol–water partition coefficient (Wildman–Crippen LogP) is 4.97. The van der Waals surface area contributed by atoms with Crippen LogP contribution in [0.25, 0.3) is 0 Å². The molecule has 0 fully saturated rings. The van der Waals surface area contributed by atoms with Crippen molar-refractivity contribution in [1.29, 1.82) is 0 Å². The monoisotopic (exact) mass is 366 g/mol. The summed E-state index contributed by atoms with van der Waals surface area (Å²) in [5.74, 6) is 0.654. The second kappa shape index (κ2) is 8.92. The van der Waals surface area contributed by atoms with Crippen LogP contribution in [0.15, 0.2) is 78.9 Å². The molecule has 3 aromatic carbocycles. The molecule has 0 aliphatic heterocycles. The van der Waals surface area contributed by atoms with Gasteiger partial charge in [0.1, 0.15) is 12.4 Å². The van der Waals surface area contributed by atoms with Gasteiger partial charge in [-0.3, -0.25) is 4.79 Å². The number of amides is 1. The fourth-order valence-electron chi connectivity index (χ4n) is 2.33. The first-order chi connectivity index (χ1) is 12.7. The van der Waals surface area contributed by atoms with Crippen LogP contribution in [0.4, 0.5) is 11.4 Å². The van der Waals surface area contributed by atoms with Crippen LogP contribution in [-0.4, -0.2) is 12.5 Å². The van der Waals surface area contributed by atoms with E-state index in [0.29, 0.717) is 17.3 Å². The number of nitrogens with one attached hydrogen (secondary N) is 2. The van der Waals surface area contributed by atoms with Gasteiger partial charge in [0.25, 0.3) is 0 Å². The predicted molar refractivity (Wildman–Crippen MR) is 106 cm³/mol. The minimum absolute atomic E-state index is 0.128. The van der Waals surface area contributed by atoms with Crippen molar-refractivity contribution in [1.82, 2.24) is 0 Å². The van der Waals surface area contributed by atoms with Gasteiger partial charge < -0.3 is 15.4 Å². The van der Waals surface area contributed by atoms with Crippen LogP contribution in [0.1, 0.15) is 5.56 Å². The van der Waals surface area contributed by atoms with Crippen LogP contribution in [0.5, 0.6) is 5.75 Å². The van der Waals surface area contributed by atoms with Crippen LogP contribution < -0.4 is 15.4 Å². The zero-order chi connectivity index (χ0) is 18.2. The van der Waals surface area contributed by atoms with E-state index in [9.17, 15) is 4.79 Å². The summed E-state index contributed by atoms with van der Waals surface area (Å²) in [6.45, 7) is 0.698. The van der Waals surface area contributed by atoms with E-state index in [1.807, 2.05) is 54.6 Å². The normalized spacial score (nSPS) is 10.2. The number of carbonyl (C=O) groups excluding carboxylic acids is 1. The van der Waals surface area contributed by atoms with Gasteiger partial charge in [0, 0.05) is 16.4 Å². The van der Waals surface area contributed by atoms with Gasteiger partial charge in [-0.15, -0.1) is 0 Å². The highest BCUT2D eigenvalue weighted by Crippen LogP contribution is 2.17. The number of hydrogen-bond donors (Lipinski definition) is 2. The molecule has 0 saturated heterocycles. The number of ether oxygens (including phenoxy) is 1. The molecule has 0 aliphatic carbocycles. The van der Waals surface area contributed by atoms with Gasteiger partial charge in [0.2, 0.25) is 5.91 Å². The van der Waals surface area contributed by atoms with Gasteiger partial charge in [-0.2, -0.15) is 0 Å². The zero-order valence-electron chi connectivity index (χ0n) is 14.1. The highest BCUT2D eigenvalue weighted by molar-refractivity contribution is 6.30. The SMILES string of the molecule is O=C(CNc1ccc(OCc2ccccc2)cc1)Nc1ccc(Cl)cc1. The molecule has 0 aliphatic rings. The Labute approximate surface area is 157 Å². The van der Waals surface area contributed by atoms with Gasteiger partial charge >= 0.3 is 0 Å². The average molecular weight is 367 g/mol. The topological polar surface area (TPSA) is 50.4 Å². The Hall–Kier alpha value is -2.98. The second-order valence-electron chi connectivity index (χ2n) is 5.71. The highest BCUT2D eigenvalue weighted by atomic mass is 35.5. The first kappa shape index (κ1) is 17.8. The molecule has 0 bridgehead atoms. The molecule has 0 unspecified atom stereocenters. The Kier molecular flexibility index (Phi) is 6.12. The summed E-state index contributed by atoms with van der Waals surface area (Å²) in [4.78, 5) is 12.0. The lowest BCUT2D eigenvalue weighted by atomic mass is 10.2. The van der Waals surface area contributed by atoms with E-state index in [2.05, 4.69) is 10.6 Å².